The van der Waals surface area contributed by atoms with Gasteiger partial charge in [-0.25, -0.2) is 4.79 Å². The number of ether oxygens (including phenoxy) is 4. The minimum Gasteiger partial charge on any atom is -0.459 e. The molecule has 0 aliphatic carbocycles. The number of rotatable bonds is 18. The number of morpholine rings is 1. The van der Waals surface area contributed by atoms with Gasteiger partial charge in [-0.2, -0.15) is 17.6 Å². The summed E-state index contributed by atoms with van der Waals surface area (Å²) in [5.74, 6) is -3.81. The van der Waals surface area contributed by atoms with Crippen molar-refractivity contribution in [2.45, 2.75) is 58.2 Å². The third-order valence-electron chi connectivity index (χ3n) is 6.07. The summed E-state index contributed by atoms with van der Waals surface area (Å²) in [6.07, 6.45) is 0.140. The summed E-state index contributed by atoms with van der Waals surface area (Å²) in [6, 6.07) is 3.62. The predicted octanol–water partition coefficient (Wildman–Crippen LogP) is 1.04. The molecule has 0 unspecified atom stereocenters. The molecule has 0 bridgehead atoms. The summed E-state index contributed by atoms with van der Waals surface area (Å²) in [7, 11) is 0. The molecule has 1 aliphatic heterocycles. The molecule has 0 radical (unpaired) electrons. The van der Waals surface area contributed by atoms with Gasteiger partial charge in [0.25, 0.3) is 0 Å². The SMILES string of the molecule is CC(C)C[C@H](NC(=O)CN1CCOCC1)C(=O)N[C@@H](COC(F)F)C(=O)N[C@@H](COC(F)F)C(=O)OCc1ccccc1. The molecule has 0 spiro atoms. The standard InChI is InChI=1S/C27H38F4N4O8/c1-17(2)12-19(32-22(36)13-35-8-10-40-11-9-35)23(37)33-20(15-42-26(28)29)24(38)34-21(16-43-27(30)31)25(39)41-14-18-6-4-3-5-7-18/h3-7,17,19-21,26-27H,8-16H2,1-2H3,(H,32,36)(H,33,37)(H,34,38)/t19-,20-,21-/m0/s1. The zero-order chi connectivity index (χ0) is 31.8. The highest BCUT2D eigenvalue weighted by molar-refractivity contribution is 5.93. The van der Waals surface area contributed by atoms with Gasteiger partial charge < -0.3 is 34.9 Å². The predicted molar refractivity (Wildman–Crippen MR) is 143 cm³/mol. The molecule has 1 heterocycles. The number of benzene rings is 1. The summed E-state index contributed by atoms with van der Waals surface area (Å²) in [5.41, 5.74) is 0.568. The fourth-order valence-electron chi connectivity index (χ4n) is 3.97. The molecule has 3 amide bonds. The normalized spacial score (nSPS) is 16.0. The van der Waals surface area contributed by atoms with Crippen molar-refractivity contribution in [3.05, 3.63) is 35.9 Å². The highest BCUT2D eigenvalue weighted by atomic mass is 19.3. The van der Waals surface area contributed by atoms with Crippen LogP contribution >= 0.6 is 0 Å². The van der Waals surface area contributed by atoms with Gasteiger partial charge in [0, 0.05) is 13.1 Å². The number of carbonyl (C=O) groups excluding carboxylic acids is 4. The zero-order valence-electron chi connectivity index (χ0n) is 23.9. The van der Waals surface area contributed by atoms with Crippen molar-refractivity contribution < 1.29 is 55.7 Å². The van der Waals surface area contributed by atoms with Gasteiger partial charge in [-0.05, 0) is 17.9 Å². The first kappa shape index (κ1) is 35.9. The molecule has 1 fully saturated rings. The molecule has 1 aromatic rings. The van der Waals surface area contributed by atoms with Gasteiger partial charge in [-0.1, -0.05) is 44.2 Å². The lowest BCUT2D eigenvalue weighted by Crippen LogP contribution is -2.58. The zero-order valence-corrected chi connectivity index (χ0v) is 23.9. The molecular formula is C27H38F4N4O8. The molecule has 242 valence electrons. The van der Waals surface area contributed by atoms with Gasteiger partial charge in [0.2, 0.25) is 17.7 Å². The van der Waals surface area contributed by atoms with Gasteiger partial charge in [-0.15, -0.1) is 0 Å². The number of halogens is 4. The molecule has 12 nitrogen and oxygen atoms in total. The van der Waals surface area contributed by atoms with E-state index in [-0.39, 0.29) is 25.5 Å². The van der Waals surface area contributed by atoms with Crippen molar-refractivity contribution >= 4 is 23.7 Å². The van der Waals surface area contributed by atoms with E-state index in [0.717, 1.165) is 0 Å². The summed E-state index contributed by atoms with van der Waals surface area (Å²) < 4.78 is 70.0. The molecule has 3 atom stereocenters. The quantitative estimate of drug-likeness (QED) is 0.162. The molecular weight excluding hydrogens is 584 g/mol. The van der Waals surface area contributed by atoms with Crippen LogP contribution in [0.25, 0.3) is 0 Å². The van der Waals surface area contributed by atoms with Crippen LogP contribution in [0, 0.1) is 5.92 Å². The van der Waals surface area contributed by atoms with E-state index in [2.05, 4.69) is 25.4 Å². The Hall–Kier alpha value is -3.34. The Bertz CT molecular complexity index is 1020. The number of esters is 1. The lowest BCUT2D eigenvalue weighted by atomic mass is 10.0. The average molecular weight is 623 g/mol. The highest BCUT2D eigenvalue weighted by Gasteiger charge is 2.32. The van der Waals surface area contributed by atoms with Crippen LogP contribution < -0.4 is 16.0 Å². The van der Waals surface area contributed by atoms with Crippen LogP contribution in [0.1, 0.15) is 25.8 Å². The number of amides is 3. The monoisotopic (exact) mass is 622 g/mol. The largest absolute Gasteiger partial charge is 0.459 e. The van der Waals surface area contributed by atoms with Crippen molar-refractivity contribution in [2.24, 2.45) is 5.92 Å². The lowest BCUT2D eigenvalue weighted by molar-refractivity contribution is -0.163. The molecule has 16 heteroatoms. The number of nitrogens with one attached hydrogen (secondary N) is 3. The number of carbonyl (C=O) groups is 4. The molecule has 1 aliphatic rings. The van der Waals surface area contributed by atoms with Gasteiger partial charge in [0.05, 0.1) is 33.0 Å². The Kier molecular flexibility index (Phi) is 15.9. The van der Waals surface area contributed by atoms with E-state index < -0.39 is 68.3 Å². The van der Waals surface area contributed by atoms with E-state index in [1.54, 1.807) is 44.2 Å². The molecule has 43 heavy (non-hydrogen) atoms. The van der Waals surface area contributed by atoms with Crippen molar-refractivity contribution in [1.82, 2.24) is 20.9 Å². The first-order valence-corrected chi connectivity index (χ1v) is 13.6. The van der Waals surface area contributed by atoms with E-state index in [1.807, 2.05) is 4.90 Å². The van der Waals surface area contributed by atoms with Crippen molar-refractivity contribution in [2.75, 3.05) is 46.1 Å². The Balaban J connectivity index is 2.12. The van der Waals surface area contributed by atoms with E-state index >= 15 is 0 Å². The summed E-state index contributed by atoms with van der Waals surface area (Å²) in [6.45, 7) is -3.42. The summed E-state index contributed by atoms with van der Waals surface area (Å²) in [5, 5.41) is 6.95. The van der Waals surface area contributed by atoms with Gasteiger partial charge in [0.1, 0.15) is 18.7 Å². The molecule has 1 saturated heterocycles. The average Bonchev–Trinajstić information content (AvgIpc) is 2.96. The first-order valence-electron chi connectivity index (χ1n) is 13.6. The van der Waals surface area contributed by atoms with Crippen molar-refractivity contribution in [3.8, 4) is 0 Å². The summed E-state index contributed by atoms with van der Waals surface area (Å²) in [4.78, 5) is 53.3. The Labute approximate surface area is 246 Å². The van der Waals surface area contributed by atoms with Gasteiger partial charge in [-0.3, -0.25) is 19.3 Å². The molecule has 2 rings (SSSR count). The second kappa shape index (κ2) is 19.0. The number of nitrogens with zero attached hydrogens (tertiary/aromatic N) is 1. The fraction of sp³-hybridized carbons (Fsp3) is 0.630. The van der Waals surface area contributed by atoms with Crippen LogP contribution in [0.2, 0.25) is 0 Å². The van der Waals surface area contributed by atoms with Crippen LogP contribution in [0.4, 0.5) is 17.6 Å². The number of hydrogen-bond donors (Lipinski definition) is 3. The van der Waals surface area contributed by atoms with Crippen molar-refractivity contribution in [3.63, 3.8) is 0 Å². The maximum absolute atomic E-state index is 13.2. The Morgan fingerprint density at radius 1 is 0.837 bits per heavy atom. The topological polar surface area (TPSA) is 145 Å². The van der Waals surface area contributed by atoms with E-state index in [9.17, 15) is 36.7 Å². The maximum atomic E-state index is 13.2. The van der Waals surface area contributed by atoms with E-state index in [0.29, 0.717) is 31.9 Å². The second-order valence-corrected chi connectivity index (χ2v) is 10.0. The highest BCUT2D eigenvalue weighted by Crippen LogP contribution is 2.08. The third-order valence-corrected chi connectivity index (χ3v) is 6.07. The van der Waals surface area contributed by atoms with Crippen LogP contribution in [-0.2, 0) is 44.7 Å². The van der Waals surface area contributed by atoms with Crippen LogP contribution in [0.3, 0.4) is 0 Å². The van der Waals surface area contributed by atoms with Crippen molar-refractivity contribution in [1.29, 1.82) is 0 Å². The Morgan fingerprint density at radius 3 is 1.98 bits per heavy atom. The van der Waals surface area contributed by atoms with Gasteiger partial charge >= 0.3 is 19.2 Å². The summed E-state index contributed by atoms with van der Waals surface area (Å²) >= 11 is 0. The maximum Gasteiger partial charge on any atom is 0.345 e. The molecule has 0 aromatic heterocycles. The van der Waals surface area contributed by atoms with Crippen LogP contribution in [0.5, 0.6) is 0 Å². The van der Waals surface area contributed by atoms with E-state index in [1.165, 1.54) is 0 Å². The third kappa shape index (κ3) is 14.6. The van der Waals surface area contributed by atoms with Gasteiger partial charge in [0.15, 0.2) is 6.04 Å². The van der Waals surface area contributed by atoms with Crippen LogP contribution in [0.15, 0.2) is 30.3 Å². The second-order valence-electron chi connectivity index (χ2n) is 10.0. The molecule has 1 aromatic carbocycles. The minimum absolute atomic E-state index is 0.0133. The van der Waals surface area contributed by atoms with E-state index in [4.69, 9.17) is 9.47 Å². The lowest BCUT2D eigenvalue weighted by Gasteiger charge is -2.28. The fourth-order valence-corrected chi connectivity index (χ4v) is 3.97. The molecule has 0 saturated carbocycles. The van der Waals surface area contributed by atoms with Crippen LogP contribution in [-0.4, -0.2) is 106 Å². The Morgan fingerprint density at radius 2 is 1.40 bits per heavy atom. The number of hydrogen-bond acceptors (Lipinski definition) is 9. The number of alkyl halides is 4. The smallest absolute Gasteiger partial charge is 0.345 e. The molecule has 3 N–H and O–H groups in total. The first-order chi connectivity index (χ1) is 20.4. The minimum atomic E-state index is -3.32.